The summed E-state index contributed by atoms with van der Waals surface area (Å²) in [5.41, 5.74) is 2.77. The van der Waals surface area contributed by atoms with Crippen LogP contribution in [-0.4, -0.2) is 48.4 Å². The number of hydrogen-bond donors (Lipinski definition) is 1. The van der Waals surface area contributed by atoms with Gasteiger partial charge in [0.05, 0.1) is 5.56 Å². The molecule has 3 heterocycles. The molecule has 5 nitrogen and oxygen atoms in total. The molecule has 0 aliphatic carbocycles. The summed E-state index contributed by atoms with van der Waals surface area (Å²) in [6, 6.07) is 6.62. The van der Waals surface area contributed by atoms with Crippen LogP contribution in [0.2, 0.25) is 0 Å². The van der Waals surface area contributed by atoms with Gasteiger partial charge in [-0.25, -0.2) is 4.39 Å². The smallest absolute Gasteiger partial charge is 0.255 e. The molecular formula is C22H28FN3O2. The number of carbonyl (C=O) groups is 1. The van der Waals surface area contributed by atoms with E-state index in [-0.39, 0.29) is 11.7 Å². The van der Waals surface area contributed by atoms with E-state index in [1.807, 2.05) is 19.1 Å². The van der Waals surface area contributed by atoms with Gasteiger partial charge in [0.2, 0.25) is 0 Å². The highest BCUT2D eigenvalue weighted by Gasteiger charge is 2.28. The topological polar surface area (TPSA) is 48.7 Å². The van der Waals surface area contributed by atoms with Gasteiger partial charge < -0.3 is 14.6 Å². The van der Waals surface area contributed by atoms with Crippen LogP contribution in [0, 0.1) is 12.7 Å². The summed E-state index contributed by atoms with van der Waals surface area (Å²) >= 11 is 0. The summed E-state index contributed by atoms with van der Waals surface area (Å²) in [5.74, 6) is 1.37. The number of amides is 1. The molecule has 1 fully saturated rings. The number of furan rings is 1. The Labute approximate surface area is 165 Å². The summed E-state index contributed by atoms with van der Waals surface area (Å²) in [5, 5.41) is 3.07. The van der Waals surface area contributed by atoms with Crippen molar-refractivity contribution in [1.82, 2.24) is 15.1 Å². The van der Waals surface area contributed by atoms with Crippen molar-refractivity contribution in [2.24, 2.45) is 0 Å². The Kier molecular flexibility index (Phi) is 5.78. The molecule has 2 aromatic rings. The van der Waals surface area contributed by atoms with Gasteiger partial charge in [0.1, 0.15) is 17.3 Å². The Morgan fingerprint density at radius 1 is 1.14 bits per heavy atom. The number of likely N-dealkylation sites (tertiary alicyclic amines) is 1. The average molecular weight is 385 g/mol. The van der Waals surface area contributed by atoms with Gasteiger partial charge in [0, 0.05) is 44.7 Å². The van der Waals surface area contributed by atoms with Crippen LogP contribution in [0.25, 0.3) is 0 Å². The van der Waals surface area contributed by atoms with Crippen molar-refractivity contribution in [3.63, 3.8) is 0 Å². The number of benzene rings is 1. The molecule has 2 aliphatic rings. The van der Waals surface area contributed by atoms with Gasteiger partial charge >= 0.3 is 0 Å². The Bertz CT molecular complexity index is 825. The maximum Gasteiger partial charge on any atom is 0.255 e. The zero-order chi connectivity index (χ0) is 19.5. The molecule has 1 amide bonds. The van der Waals surface area contributed by atoms with Crippen molar-refractivity contribution in [2.75, 3.05) is 32.7 Å². The minimum Gasteiger partial charge on any atom is -0.465 e. The van der Waals surface area contributed by atoms with Crippen LogP contribution in [0.4, 0.5) is 4.39 Å². The van der Waals surface area contributed by atoms with Crippen molar-refractivity contribution in [1.29, 1.82) is 0 Å². The second-order valence-electron chi connectivity index (χ2n) is 7.83. The first kappa shape index (κ1) is 19.2. The van der Waals surface area contributed by atoms with E-state index in [2.05, 4.69) is 15.1 Å². The molecule has 0 saturated carbocycles. The number of halogens is 1. The van der Waals surface area contributed by atoms with Crippen LogP contribution < -0.4 is 5.32 Å². The maximum absolute atomic E-state index is 13.1. The summed E-state index contributed by atoms with van der Waals surface area (Å²) in [6.45, 7) is 7.99. The van der Waals surface area contributed by atoms with Crippen molar-refractivity contribution >= 4 is 5.91 Å². The van der Waals surface area contributed by atoms with Crippen molar-refractivity contribution in [2.45, 2.75) is 39.3 Å². The lowest BCUT2D eigenvalue weighted by Gasteiger charge is -2.26. The van der Waals surface area contributed by atoms with Crippen molar-refractivity contribution < 1.29 is 13.6 Å². The van der Waals surface area contributed by atoms with E-state index in [1.165, 1.54) is 25.0 Å². The highest BCUT2D eigenvalue weighted by atomic mass is 19.1. The van der Waals surface area contributed by atoms with Crippen molar-refractivity contribution in [3.8, 4) is 0 Å². The Morgan fingerprint density at radius 2 is 1.89 bits per heavy atom. The minimum absolute atomic E-state index is 0.0367. The molecule has 0 spiro atoms. The Balaban J connectivity index is 1.40. The van der Waals surface area contributed by atoms with E-state index in [0.717, 1.165) is 56.0 Å². The predicted octanol–water partition coefficient (Wildman–Crippen LogP) is 3.11. The molecule has 2 aliphatic heterocycles. The summed E-state index contributed by atoms with van der Waals surface area (Å²) in [4.78, 5) is 17.5. The van der Waals surface area contributed by atoms with E-state index < -0.39 is 0 Å². The Morgan fingerprint density at radius 3 is 2.64 bits per heavy atom. The number of carbonyl (C=O) groups excluding carboxylic acids is 1. The third-order valence-electron chi connectivity index (χ3n) is 5.76. The zero-order valence-corrected chi connectivity index (χ0v) is 16.5. The number of nitrogens with zero attached hydrogens (tertiary/aromatic N) is 2. The molecule has 6 heteroatoms. The highest BCUT2D eigenvalue weighted by Crippen LogP contribution is 2.29. The highest BCUT2D eigenvalue weighted by molar-refractivity contribution is 5.97. The van der Waals surface area contributed by atoms with E-state index >= 15 is 0 Å². The molecule has 1 aromatic carbocycles. The monoisotopic (exact) mass is 385 g/mol. The summed E-state index contributed by atoms with van der Waals surface area (Å²) in [7, 11) is 0. The molecule has 1 N–H and O–H groups in total. The molecule has 0 radical (unpaired) electrons. The largest absolute Gasteiger partial charge is 0.465 e. The summed E-state index contributed by atoms with van der Waals surface area (Å²) < 4.78 is 19.0. The zero-order valence-electron chi connectivity index (χ0n) is 16.5. The SMILES string of the molecule is Cc1oc2c(c1C(=O)NCCN1CCCC1)CN(Cc1ccc(F)cc1)CC2. The van der Waals surface area contributed by atoms with Crippen LogP contribution in [0.1, 0.15) is 45.8 Å². The molecule has 1 saturated heterocycles. The van der Waals surface area contributed by atoms with Crippen LogP contribution in [0.3, 0.4) is 0 Å². The maximum atomic E-state index is 13.1. The Hall–Kier alpha value is -2.18. The van der Waals surface area contributed by atoms with Gasteiger partial charge in [-0.1, -0.05) is 12.1 Å². The van der Waals surface area contributed by atoms with Gasteiger partial charge in [-0.3, -0.25) is 9.69 Å². The first-order valence-electron chi connectivity index (χ1n) is 10.2. The van der Waals surface area contributed by atoms with Crippen LogP contribution >= 0.6 is 0 Å². The normalized spacial score (nSPS) is 17.6. The quantitative estimate of drug-likeness (QED) is 0.830. The van der Waals surface area contributed by atoms with Gasteiger partial charge in [0.15, 0.2) is 0 Å². The molecule has 0 atom stereocenters. The molecule has 0 bridgehead atoms. The number of nitrogens with one attached hydrogen (secondary N) is 1. The molecule has 4 rings (SSSR count). The van der Waals surface area contributed by atoms with Crippen LogP contribution in [0.15, 0.2) is 28.7 Å². The third-order valence-corrected chi connectivity index (χ3v) is 5.76. The summed E-state index contributed by atoms with van der Waals surface area (Å²) in [6.07, 6.45) is 3.30. The molecule has 0 unspecified atom stereocenters. The van der Waals surface area contributed by atoms with Crippen molar-refractivity contribution in [3.05, 3.63) is 58.3 Å². The van der Waals surface area contributed by atoms with E-state index in [9.17, 15) is 9.18 Å². The van der Waals surface area contributed by atoms with E-state index in [4.69, 9.17) is 4.42 Å². The number of fused-ring (bicyclic) bond motifs is 1. The standard InChI is InChI=1S/C22H28FN3O2/c1-16-21(22(27)24-9-13-25-10-2-3-11-25)19-15-26(12-8-20(19)28-16)14-17-4-6-18(23)7-5-17/h4-7H,2-3,8-15H2,1H3,(H,24,27). The third kappa shape index (κ3) is 4.28. The number of hydrogen-bond acceptors (Lipinski definition) is 4. The lowest BCUT2D eigenvalue weighted by molar-refractivity contribution is 0.0946. The van der Waals surface area contributed by atoms with Gasteiger partial charge in [0.25, 0.3) is 5.91 Å². The first-order valence-corrected chi connectivity index (χ1v) is 10.2. The van der Waals surface area contributed by atoms with Gasteiger partial charge in [-0.2, -0.15) is 0 Å². The second-order valence-corrected chi connectivity index (χ2v) is 7.83. The van der Waals surface area contributed by atoms with E-state index in [0.29, 0.717) is 24.4 Å². The lowest BCUT2D eigenvalue weighted by Crippen LogP contribution is -2.35. The fourth-order valence-corrected chi connectivity index (χ4v) is 4.28. The minimum atomic E-state index is -0.219. The fraction of sp³-hybridized carbons (Fsp3) is 0.500. The molecular weight excluding hydrogens is 357 g/mol. The lowest BCUT2D eigenvalue weighted by atomic mass is 10.0. The van der Waals surface area contributed by atoms with Crippen LogP contribution in [-0.2, 0) is 19.5 Å². The van der Waals surface area contributed by atoms with Crippen LogP contribution in [0.5, 0.6) is 0 Å². The van der Waals surface area contributed by atoms with E-state index in [1.54, 1.807) is 0 Å². The molecule has 28 heavy (non-hydrogen) atoms. The molecule has 150 valence electrons. The first-order chi connectivity index (χ1) is 13.6. The average Bonchev–Trinajstić information content (AvgIpc) is 3.30. The van der Waals surface area contributed by atoms with Gasteiger partial charge in [-0.05, 0) is 50.6 Å². The number of rotatable bonds is 6. The fourth-order valence-electron chi connectivity index (χ4n) is 4.28. The molecule has 1 aromatic heterocycles. The number of aryl methyl sites for hydroxylation is 1. The second kappa shape index (κ2) is 8.45. The predicted molar refractivity (Wildman–Crippen MR) is 106 cm³/mol. The van der Waals surface area contributed by atoms with Gasteiger partial charge in [-0.15, -0.1) is 0 Å².